The molecule has 0 spiro atoms. The van der Waals surface area contributed by atoms with Crippen LogP contribution in [0.3, 0.4) is 0 Å². The maximum Gasteiger partial charge on any atom is 0.329 e. The SMILES string of the molecule is Cl.N=C(N)c1ccc(N2CCN(c3ccc(CCC(=O)OCCc4ccccc4)cc3)C2=O)cc1. The molecule has 0 radical (unpaired) electrons. The van der Waals surface area contributed by atoms with Crippen LogP contribution in [0.1, 0.15) is 23.1 Å². The molecule has 1 heterocycles. The maximum absolute atomic E-state index is 13.0. The Kier molecular flexibility index (Phi) is 8.86. The van der Waals surface area contributed by atoms with E-state index < -0.39 is 0 Å². The van der Waals surface area contributed by atoms with Crippen LogP contribution in [0.15, 0.2) is 78.9 Å². The van der Waals surface area contributed by atoms with E-state index in [-0.39, 0.29) is 30.2 Å². The molecule has 0 aliphatic carbocycles. The first-order valence-electron chi connectivity index (χ1n) is 11.3. The molecule has 182 valence electrons. The fraction of sp³-hybridized carbons (Fsp3) is 0.222. The molecular weight excluding hydrogens is 464 g/mol. The smallest absolute Gasteiger partial charge is 0.329 e. The first-order chi connectivity index (χ1) is 16.5. The van der Waals surface area contributed by atoms with Gasteiger partial charge in [0.15, 0.2) is 0 Å². The second-order valence-corrected chi connectivity index (χ2v) is 8.17. The zero-order chi connectivity index (χ0) is 23.9. The number of nitrogens with zero attached hydrogens (tertiary/aromatic N) is 2. The molecule has 3 N–H and O–H groups in total. The molecule has 3 aromatic rings. The number of benzene rings is 3. The standard InChI is InChI=1S/C27H28N4O3.ClH/c28-26(29)22-9-13-24(14-10-22)31-18-17-30(27(31)33)23-11-6-21(7-12-23)8-15-25(32)34-19-16-20-4-2-1-3-5-20;/h1-7,9-14H,8,15-19H2,(H3,28,29);1H. The summed E-state index contributed by atoms with van der Waals surface area (Å²) < 4.78 is 5.34. The Morgan fingerprint density at radius 1 is 0.829 bits per heavy atom. The Labute approximate surface area is 211 Å². The van der Waals surface area contributed by atoms with Crippen LogP contribution in [-0.4, -0.2) is 37.5 Å². The lowest BCUT2D eigenvalue weighted by Crippen LogP contribution is -2.31. The molecule has 0 bridgehead atoms. The van der Waals surface area contributed by atoms with E-state index in [0.717, 1.165) is 22.5 Å². The molecule has 1 saturated heterocycles. The molecule has 7 nitrogen and oxygen atoms in total. The number of amides is 2. The summed E-state index contributed by atoms with van der Waals surface area (Å²) >= 11 is 0. The Morgan fingerprint density at radius 2 is 1.37 bits per heavy atom. The van der Waals surface area contributed by atoms with Crippen LogP contribution < -0.4 is 15.5 Å². The van der Waals surface area contributed by atoms with Crippen LogP contribution in [0.25, 0.3) is 0 Å². The Morgan fingerprint density at radius 3 is 1.94 bits per heavy atom. The number of hydrogen-bond donors (Lipinski definition) is 2. The second-order valence-electron chi connectivity index (χ2n) is 8.17. The number of nitrogen functional groups attached to an aromatic ring is 1. The average molecular weight is 493 g/mol. The number of rotatable bonds is 9. The fourth-order valence-electron chi connectivity index (χ4n) is 3.93. The highest BCUT2D eigenvalue weighted by Gasteiger charge is 2.30. The first-order valence-corrected chi connectivity index (χ1v) is 11.3. The van der Waals surface area contributed by atoms with Gasteiger partial charge in [-0.2, -0.15) is 0 Å². The van der Waals surface area contributed by atoms with Crippen molar-refractivity contribution in [2.24, 2.45) is 5.73 Å². The molecule has 35 heavy (non-hydrogen) atoms. The molecule has 2 amide bonds. The van der Waals surface area contributed by atoms with Gasteiger partial charge in [0.05, 0.1) is 6.61 Å². The minimum Gasteiger partial charge on any atom is -0.465 e. The highest BCUT2D eigenvalue weighted by atomic mass is 35.5. The molecule has 8 heteroatoms. The van der Waals surface area contributed by atoms with Gasteiger partial charge in [0.1, 0.15) is 5.84 Å². The number of nitrogens with one attached hydrogen (secondary N) is 1. The number of halogens is 1. The highest BCUT2D eigenvalue weighted by molar-refractivity contribution is 6.06. The van der Waals surface area contributed by atoms with Gasteiger partial charge in [-0.05, 0) is 53.9 Å². The van der Waals surface area contributed by atoms with Crippen LogP contribution in [0.5, 0.6) is 0 Å². The van der Waals surface area contributed by atoms with Gasteiger partial charge in [-0.15, -0.1) is 12.4 Å². The van der Waals surface area contributed by atoms with Crippen LogP contribution in [0.2, 0.25) is 0 Å². The zero-order valence-corrected chi connectivity index (χ0v) is 20.2. The molecule has 1 aliphatic rings. The van der Waals surface area contributed by atoms with Gasteiger partial charge in [0.2, 0.25) is 0 Å². The number of hydrogen-bond acceptors (Lipinski definition) is 4. The molecule has 0 saturated carbocycles. The molecule has 0 aromatic heterocycles. The molecular formula is C27H29ClN4O3. The third-order valence-corrected chi connectivity index (χ3v) is 5.86. The summed E-state index contributed by atoms with van der Waals surface area (Å²) in [7, 11) is 0. The number of esters is 1. The monoisotopic (exact) mass is 492 g/mol. The topological polar surface area (TPSA) is 99.7 Å². The van der Waals surface area contributed by atoms with Crippen molar-refractivity contribution in [2.45, 2.75) is 19.3 Å². The number of carbonyl (C=O) groups is 2. The van der Waals surface area contributed by atoms with E-state index in [1.165, 1.54) is 0 Å². The highest BCUT2D eigenvalue weighted by Crippen LogP contribution is 2.26. The number of aryl methyl sites for hydroxylation is 1. The van der Waals surface area contributed by atoms with Gasteiger partial charge < -0.3 is 10.5 Å². The summed E-state index contributed by atoms with van der Waals surface area (Å²) in [4.78, 5) is 28.5. The lowest BCUT2D eigenvalue weighted by molar-refractivity contribution is -0.143. The quantitative estimate of drug-likeness (QED) is 0.260. The summed E-state index contributed by atoms with van der Waals surface area (Å²) in [6, 6.07) is 24.7. The lowest BCUT2D eigenvalue weighted by Gasteiger charge is -2.19. The largest absolute Gasteiger partial charge is 0.465 e. The van der Waals surface area contributed by atoms with Gasteiger partial charge in [-0.1, -0.05) is 42.5 Å². The molecule has 1 fully saturated rings. The first kappa shape index (κ1) is 25.8. The zero-order valence-electron chi connectivity index (χ0n) is 19.4. The van der Waals surface area contributed by atoms with Crippen molar-refractivity contribution in [1.82, 2.24) is 0 Å². The molecule has 4 rings (SSSR count). The van der Waals surface area contributed by atoms with E-state index in [1.807, 2.05) is 54.6 Å². The van der Waals surface area contributed by atoms with Gasteiger partial charge in [-0.3, -0.25) is 20.0 Å². The summed E-state index contributed by atoms with van der Waals surface area (Å²) in [5, 5.41) is 7.50. The summed E-state index contributed by atoms with van der Waals surface area (Å²) in [6.07, 6.45) is 1.62. The number of amidine groups is 1. The molecule has 0 unspecified atom stereocenters. The minimum absolute atomic E-state index is 0. The van der Waals surface area contributed by atoms with Crippen molar-refractivity contribution in [1.29, 1.82) is 5.41 Å². The van der Waals surface area contributed by atoms with Crippen molar-refractivity contribution < 1.29 is 14.3 Å². The number of carbonyl (C=O) groups excluding carboxylic acids is 2. The number of urea groups is 1. The van der Waals surface area contributed by atoms with E-state index in [1.54, 1.807) is 34.1 Å². The number of nitrogens with two attached hydrogens (primary N) is 1. The van der Waals surface area contributed by atoms with Crippen LogP contribution >= 0.6 is 12.4 Å². The molecule has 3 aromatic carbocycles. The van der Waals surface area contributed by atoms with Crippen molar-refractivity contribution in [3.63, 3.8) is 0 Å². The second kappa shape index (κ2) is 12.0. The normalized spacial score (nSPS) is 12.9. The Bertz CT molecular complexity index is 1150. The van der Waals surface area contributed by atoms with Crippen LogP contribution in [0.4, 0.5) is 16.2 Å². The third kappa shape index (κ3) is 6.61. The van der Waals surface area contributed by atoms with E-state index in [2.05, 4.69) is 0 Å². The van der Waals surface area contributed by atoms with Gasteiger partial charge >= 0.3 is 12.0 Å². The minimum atomic E-state index is -0.207. The molecule has 0 atom stereocenters. The lowest BCUT2D eigenvalue weighted by atomic mass is 10.1. The van der Waals surface area contributed by atoms with E-state index in [4.69, 9.17) is 15.9 Å². The number of ether oxygens (including phenoxy) is 1. The van der Waals surface area contributed by atoms with Gasteiger partial charge in [-0.25, -0.2) is 4.79 Å². The summed E-state index contributed by atoms with van der Waals surface area (Å²) in [6.45, 7) is 1.54. The summed E-state index contributed by atoms with van der Waals surface area (Å²) in [5.41, 5.74) is 9.90. The van der Waals surface area contributed by atoms with E-state index in [0.29, 0.717) is 44.5 Å². The van der Waals surface area contributed by atoms with Crippen LogP contribution in [-0.2, 0) is 22.4 Å². The van der Waals surface area contributed by atoms with Crippen molar-refractivity contribution in [2.75, 3.05) is 29.5 Å². The Balaban J connectivity index is 0.00000342. The van der Waals surface area contributed by atoms with Crippen LogP contribution in [0, 0.1) is 5.41 Å². The predicted molar refractivity (Wildman–Crippen MR) is 141 cm³/mol. The van der Waals surface area contributed by atoms with E-state index >= 15 is 0 Å². The molecule has 1 aliphatic heterocycles. The summed E-state index contributed by atoms with van der Waals surface area (Å²) in [5.74, 6) is -0.206. The predicted octanol–water partition coefficient (Wildman–Crippen LogP) is 4.56. The van der Waals surface area contributed by atoms with Crippen molar-refractivity contribution in [3.05, 3.63) is 95.6 Å². The van der Waals surface area contributed by atoms with Crippen molar-refractivity contribution in [3.8, 4) is 0 Å². The third-order valence-electron chi connectivity index (χ3n) is 5.86. The average Bonchev–Trinajstić information content (AvgIpc) is 3.25. The maximum atomic E-state index is 13.0. The van der Waals surface area contributed by atoms with Gasteiger partial charge in [0.25, 0.3) is 0 Å². The number of anilines is 2. The van der Waals surface area contributed by atoms with Crippen molar-refractivity contribution >= 4 is 41.6 Å². The Hall–Kier alpha value is -3.84. The van der Waals surface area contributed by atoms with Gasteiger partial charge in [0, 0.05) is 42.9 Å². The van der Waals surface area contributed by atoms with E-state index in [9.17, 15) is 9.59 Å². The fourth-order valence-corrected chi connectivity index (χ4v) is 3.93.